The molecule has 0 radical (unpaired) electrons. The van der Waals surface area contributed by atoms with Crippen molar-refractivity contribution in [2.24, 2.45) is 5.41 Å². The fraction of sp³-hybridized carbons (Fsp3) is 0.485. The third kappa shape index (κ3) is 5.95. The molecule has 6 nitrogen and oxygen atoms in total. The van der Waals surface area contributed by atoms with E-state index in [0.717, 1.165) is 59.8 Å². The number of carbonyl (C=O) groups is 1. The van der Waals surface area contributed by atoms with Crippen molar-refractivity contribution >= 4 is 11.8 Å². The van der Waals surface area contributed by atoms with Crippen LogP contribution < -0.4 is 9.64 Å². The van der Waals surface area contributed by atoms with E-state index in [1.165, 1.54) is 16.7 Å². The van der Waals surface area contributed by atoms with E-state index in [9.17, 15) is 9.90 Å². The number of nitrogens with zero attached hydrogens (tertiary/aromatic N) is 3. The van der Waals surface area contributed by atoms with Gasteiger partial charge >= 0.3 is 5.97 Å². The van der Waals surface area contributed by atoms with Gasteiger partial charge in [-0.15, -0.1) is 0 Å². The van der Waals surface area contributed by atoms with Crippen LogP contribution in [0, 0.1) is 19.3 Å². The van der Waals surface area contributed by atoms with Crippen LogP contribution in [0.5, 0.6) is 5.75 Å². The summed E-state index contributed by atoms with van der Waals surface area (Å²) < 4.78 is 6.44. The lowest BCUT2D eigenvalue weighted by Gasteiger charge is -2.39. The Balaban J connectivity index is 1.82. The highest BCUT2D eigenvalue weighted by atomic mass is 16.5. The molecule has 0 bridgehead atoms. The molecule has 1 aliphatic rings. The molecule has 0 spiro atoms. The number of carboxylic acid groups (broad SMARTS) is 1. The van der Waals surface area contributed by atoms with Gasteiger partial charge < -0.3 is 14.7 Å². The zero-order valence-electron chi connectivity index (χ0n) is 24.6. The molecule has 2 aromatic carbocycles. The Bertz CT molecular complexity index is 1330. The van der Waals surface area contributed by atoms with Gasteiger partial charge in [0.05, 0.1) is 16.7 Å². The van der Waals surface area contributed by atoms with Gasteiger partial charge in [-0.3, -0.25) is 4.79 Å². The van der Waals surface area contributed by atoms with E-state index in [1.807, 2.05) is 13.8 Å². The van der Waals surface area contributed by atoms with Crippen LogP contribution in [0.15, 0.2) is 36.4 Å². The Morgan fingerprint density at radius 1 is 1.10 bits per heavy atom. The van der Waals surface area contributed by atoms with Crippen LogP contribution in [0.2, 0.25) is 0 Å². The molecule has 6 heteroatoms. The summed E-state index contributed by atoms with van der Waals surface area (Å²) in [5, 5.41) is 10.0. The first kappa shape index (κ1) is 28.6. The zero-order chi connectivity index (χ0) is 28.3. The summed E-state index contributed by atoms with van der Waals surface area (Å²) in [5.41, 5.74) is 6.80. The SMILES string of the molecule is CCc1cccc(CC)c1-c1nc(C)c(COc2cc(C(C)C)ccc2C)c(N2CCC[C@](C)(C(=O)O)C2)n1. The maximum absolute atomic E-state index is 12.2. The number of anilines is 1. The maximum atomic E-state index is 12.2. The first-order valence-electron chi connectivity index (χ1n) is 14.3. The van der Waals surface area contributed by atoms with Crippen LogP contribution in [0.25, 0.3) is 11.4 Å². The monoisotopic (exact) mass is 529 g/mol. The number of aromatic nitrogens is 2. The van der Waals surface area contributed by atoms with Gasteiger partial charge in [-0.25, -0.2) is 9.97 Å². The van der Waals surface area contributed by atoms with Crippen LogP contribution in [-0.2, 0) is 24.2 Å². The third-order valence-electron chi connectivity index (χ3n) is 8.18. The standard InChI is InChI=1S/C33H43N3O3/c1-8-24-12-10-13-25(9-2)29(24)30-34-23(6)27(19-39-28-18-26(21(3)4)15-14-22(28)5)31(35-30)36-17-11-16-33(7,20-36)32(37)38/h10,12-15,18,21H,8-9,11,16-17,19-20H2,1-7H3,(H,37,38)/t33-/m0/s1. The van der Waals surface area contributed by atoms with E-state index in [4.69, 9.17) is 14.7 Å². The van der Waals surface area contributed by atoms with Crippen molar-refractivity contribution in [3.63, 3.8) is 0 Å². The number of hydrogen-bond donors (Lipinski definition) is 1. The second kappa shape index (κ2) is 11.8. The van der Waals surface area contributed by atoms with Crippen molar-refractivity contribution in [3.8, 4) is 17.1 Å². The number of carboxylic acids is 1. The summed E-state index contributed by atoms with van der Waals surface area (Å²) in [5.74, 6) is 1.99. The minimum Gasteiger partial charge on any atom is -0.488 e. The average molecular weight is 530 g/mol. The molecule has 1 aromatic heterocycles. The van der Waals surface area contributed by atoms with Crippen LogP contribution in [0.4, 0.5) is 5.82 Å². The lowest BCUT2D eigenvalue weighted by molar-refractivity contribution is -0.148. The molecule has 208 valence electrons. The van der Waals surface area contributed by atoms with Gasteiger partial charge in [-0.05, 0) is 80.7 Å². The molecule has 4 rings (SSSR count). The molecule has 0 amide bonds. The van der Waals surface area contributed by atoms with Gasteiger partial charge in [0, 0.05) is 18.7 Å². The fourth-order valence-electron chi connectivity index (χ4n) is 5.53. The molecular weight excluding hydrogens is 486 g/mol. The Labute approximate surface area is 233 Å². The van der Waals surface area contributed by atoms with Crippen LogP contribution in [-0.4, -0.2) is 34.1 Å². The summed E-state index contributed by atoms with van der Waals surface area (Å²) >= 11 is 0. The Kier molecular flexibility index (Phi) is 8.63. The Morgan fingerprint density at radius 2 is 1.79 bits per heavy atom. The van der Waals surface area contributed by atoms with E-state index in [1.54, 1.807) is 0 Å². The smallest absolute Gasteiger partial charge is 0.311 e. The predicted molar refractivity (Wildman–Crippen MR) is 158 cm³/mol. The molecule has 1 saturated heterocycles. The summed E-state index contributed by atoms with van der Waals surface area (Å²) in [6, 6.07) is 12.8. The van der Waals surface area contributed by atoms with E-state index >= 15 is 0 Å². The largest absolute Gasteiger partial charge is 0.488 e. The van der Waals surface area contributed by atoms with Gasteiger partial charge in [0.2, 0.25) is 0 Å². The van der Waals surface area contributed by atoms with E-state index in [-0.39, 0.29) is 0 Å². The highest BCUT2D eigenvalue weighted by molar-refractivity contribution is 5.76. The van der Waals surface area contributed by atoms with Crippen molar-refractivity contribution in [2.45, 2.75) is 86.7 Å². The topological polar surface area (TPSA) is 75.5 Å². The molecule has 0 saturated carbocycles. The number of aliphatic carboxylic acids is 1. The van der Waals surface area contributed by atoms with E-state index in [2.05, 4.69) is 75.9 Å². The lowest BCUT2D eigenvalue weighted by atomic mass is 9.82. The minimum atomic E-state index is -0.826. The summed E-state index contributed by atoms with van der Waals surface area (Å²) in [4.78, 5) is 24.6. The molecular formula is C33H43N3O3. The summed E-state index contributed by atoms with van der Waals surface area (Å²) in [6.07, 6.45) is 3.22. The second-order valence-electron chi connectivity index (χ2n) is 11.5. The van der Waals surface area contributed by atoms with Crippen molar-refractivity contribution < 1.29 is 14.6 Å². The molecule has 2 heterocycles. The highest BCUT2D eigenvalue weighted by Gasteiger charge is 2.39. The predicted octanol–water partition coefficient (Wildman–Crippen LogP) is 7.28. The summed E-state index contributed by atoms with van der Waals surface area (Å²) in [6.45, 7) is 16.1. The van der Waals surface area contributed by atoms with E-state index < -0.39 is 11.4 Å². The summed E-state index contributed by atoms with van der Waals surface area (Å²) in [7, 11) is 0. The first-order valence-corrected chi connectivity index (χ1v) is 14.3. The molecule has 1 atom stereocenters. The van der Waals surface area contributed by atoms with E-state index in [0.29, 0.717) is 31.3 Å². The van der Waals surface area contributed by atoms with Crippen LogP contribution >= 0.6 is 0 Å². The van der Waals surface area contributed by atoms with Crippen molar-refractivity contribution in [2.75, 3.05) is 18.0 Å². The van der Waals surface area contributed by atoms with Gasteiger partial charge in [0.15, 0.2) is 5.82 Å². The Morgan fingerprint density at radius 3 is 2.41 bits per heavy atom. The second-order valence-corrected chi connectivity index (χ2v) is 11.5. The number of aryl methyl sites for hydroxylation is 4. The van der Waals surface area contributed by atoms with Crippen LogP contribution in [0.3, 0.4) is 0 Å². The molecule has 1 aliphatic heterocycles. The average Bonchev–Trinajstić information content (AvgIpc) is 2.92. The normalized spacial score (nSPS) is 17.5. The number of benzene rings is 2. The molecule has 1 fully saturated rings. The number of rotatable bonds is 9. The van der Waals surface area contributed by atoms with Crippen molar-refractivity contribution in [1.29, 1.82) is 0 Å². The quantitative estimate of drug-likeness (QED) is 0.314. The first-order chi connectivity index (χ1) is 18.6. The molecule has 1 N–H and O–H groups in total. The van der Waals surface area contributed by atoms with Gasteiger partial charge in [0.1, 0.15) is 18.2 Å². The van der Waals surface area contributed by atoms with Gasteiger partial charge in [-0.2, -0.15) is 0 Å². The van der Waals surface area contributed by atoms with Crippen molar-refractivity contribution in [1.82, 2.24) is 9.97 Å². The maximum Gasteiger partial charge on any atom is 0.311 e. The number of hydrogen-bond acceptors (Lipinski definition) is 5. The van der Waals surface area contributed by atoms with Crippen molar-refractivity contribution in [3.05, 3.63) is 69.9 Å². The molecule has 0 unspecified atom stereocenters. The van der Waals surface area contributed by atoms with Gasteiger partial charge in [0.25, 0.3) is 0 Å². The molecule has 39 heavy (non-hydrogen) atoms. The lowest BCUT2D eigenvalue weighted by Crippen LogP contribution is -2.47. The minimum absolute atomic E-state index is 0.320. The third-order valence-corrected chi connectivity index (χ3v) is 8.18. The molecule has 0 aliphatic carbocycles. The number of ether oxygens (including phenoxy) is 1. The number of piperidine rings is 1. The molecule has 3 aromatic rings. The van der Waals surface area contributed by atoms with Crippen LogP contribution in [0.1, 0.15) is 86.9 Å². The highest BCUT2D eigenvalue weighted by Crippen LogP contribution is 2.36. The zero-order valence-corrected chi connectivity index (χ0v) is 24.6. The fourth-order valence-corrected chi connectivity index (χ4v) is 5.53. The van der Waals surface area contributed by atoms with Gasteiger partial charge in [-0.1, -0.05) is 58.0 Å². The Hall–Kier alpha value is -3.41.